The molecule has 0 saturated carbocycles. The lowest BCUT2D eigenvalue weighted by Gasteiger charge is -2.06. The van der Waals surface area contributed by atoms with Gasteiger partial charge in [0, 0.05) is 19.1 Å². The van der Waals surface area contributed by atoms with Gasteiger partial charge in [0.1, 0.15) is 0 Å². The van der Waals surface area contributed by atoms with Crippen LogP contribution in [0, 0.1) is 5.92 Å². The fraction of sp³-hybridized carbons (Fsp3) is 0.714. The van der Waals surface area contributed by atoms with Crippen LogP contribution >= 0.6 is 31.9 Å². The van der Waals surface area contributed by atoms with Crippen LogP contribution in [-0.2, 0) is 11.3 Å². The predicted molar refractivity (Wildman–Crippen MR) is 54.3 cm³/mol. The Balaban J connectivity index is 2.03. The molecule has 0 amide bonds. The molecule has 1 aromatic rings. The molecule has 0 radical (unpaired) electrons. The molecule has 4 nitrogen and oxygen atoms in total. The lowest BCUT2D eigenvalue weighted by Crippen LogP contribution is -2.12. The minimum Gasteiger partial charge on any atom is -0.381 e. The molecule has 6 heteroatoms. The van der Waals surface area contributed by atoms with Gasteiger partial charge in [-0.3, -0.25) is 0 Å². The van der Waals surface area contributed by atoms with Gasteiger partial charge in [-0.1, -0.05) is 0 Å². The zero-order valence-corrected chi connectivity index (χ0v) is 10.1. The molecule has 1 aliphatic rings. The van der Waals surface area contributed by atoms with Crippen molar-refractivity contribution in [3.63, 3.8) is 0 Å². The summed E-state index contributed by atoms with van der Waals surface area (Å²) in [6, 6.07) is 0. The van der Waals surface area contributed by atoms with Crippen LogP contribution in [0.15, 0.2) is 9.47 Å². The third-order valence-electron chi connectivity index (χ3n) is 2.06. The summed E-state index contributed by atoms with van der Waals surface area (Å²) in [5.41, 5.74) is 0. The van der Waals surface area contributed by atoms with E-state index < -0.39 is 0 Å². The number of rotatable bonds is 2. The van der Waals surface area contributed by atoms with E-state index in [9.17, 15) is 0 Å². The lowest BCUT2D eigenvalue weighted by atomic mass is 10.1. The maximum Gasteiger partial charge on any atom is 0.218 e. The zero-order chi connectivity index (χ0) is 9.26. The molecular formula is C7H9Br2N3O. The van der Waals surface area contributed by atoms with Crippen LogP contribution < -0.4 is 0 Å². The molecular weight excluding hydrogens is 302 g/mol. The molecule has 2 heterocycles. The maximum absolute atomic E-state index is 5.29. The number of aromatic nitrogens is 3. The molecule has 1 saturated heterocycles. The Morgan fingerprint density at radius 1 is 1.54 bits per heavy atom. The summed E-state index contributed by atoms with van der Waals surface area (Å²) >= 11 is 6.57. The van der Waals surface area contributed by atoms with Crippen LogP contribution in [0.3, 0.4) is 0 Å². The molecule has 1 aliphatic heterocycles. The number of nitrogens with zero attached hydrogens (tertiary/aromatic N) is 3. The van der Waals surface area contributed by atoms with Crippen LogP contribution in [0.4, 0.5) is 0 Å². The van der Waals surface area contributed by atoms with E-state index >= 15 is 0 Å². The largest absolute Gasteiger partial charge is 0.381 e. The Hall–Kier alpha value is 0.0600. The van der Waals surface area contributed by atoms with Crippen molar-refractivity contribution in [3.8, 4) is 0 Å². The first-order valence-electron chi connectivity index (χ1n) is 4.09. The Morgan fingerprint density at radius 3 is 2.92 bits per heavy atom. The first kappa shape index (κ1) is 9.61. The molecule has 0 N–H and O–H groups in total. The topological polar surface area (TPSA) is 39.9 Å². The van der Waals surface area contributed by atoms with E-state index in [4.69, 9.17) is 4.74 Å². The average molecular weight is 311 g/mol. The minimum absolute atomic E-state index is 0.574. The van der Waals surface area contributed by atoms with E-state index in [1.165, 1.54) is 0 Å². The SMILES string of the molecule is Brc1nc(Br)n(CC2CCOC2)n1. The Bertz CT molecular complexity index is 296. The summed E-state index contributed by atoms with van der Waals surface area (Å²) in [6.07, 6.45) is 1.11. The molecule has 0 spiro atoms. The third-order valence-corrected chi connectivity index (χ3v) is 2.98. The molecule has 0 aromatic carbocycles. The second-order valence-corrected chi connectivity index (χ2v) is 4.48. The summed E-state index contributed by atoms with van der Waals surface area (Å²) in [5.74, 6) is 0.574. The number of hydrogen-bond donors (Lipinski definition) is 0. The molecule has 0 aliphatic carbocycles. The van der Waals surface area contributed by atoms with Crippen molar-refractivity contribution in [1.82, 2.24) is 14.8 Å². The van der Waals surface area contributed by atoms with Crippen LogP contribution in [0.25, 0.3) is 0 Å². The van der Waals surface area contributed by atoms with Crippen molar-refractivity contribution in [2.45, 2.75) is 13.0 Å². The smallest absolute Gasteiger partial charge is 0.218 e. The monoisotopic (exact) mass is 309 g/mol. The second-order valence-electron chi connectivity index (χ2n) is 3.06. The third kappa shape index (κ3) is 2.30. The Labute approximate surface area is 92.9 Å². The fourth-order valence-electron chi connectivity index (χ4n) is 1.39. The summed E-state index contributed by atoms with van der Waals surface area (Å²) in [7, 11) is 0. The average Bonchev–Trinajstić information content (AvgIpc) is 2.63. The van der Waals surface area contributed by atoms with E-state index in [2.05, 4.69) is 41.9 Å². The highest BCUT2D eigenvalue weighted by Crippen LogP contribution is 2.18. The molecule has 72 valence electrons. The molecule has 1 fully saturated rings. The van der Waals surface area contributed by atoms with Crippen LogP contribution in [0.1, 0.15) is 6.42 Å². The molecule has 0 bridgehead atoms. The summed E-state index contributed by atoms with van der Waals surface area (Å²) in [5, 5.41) is 4.19. The Morgan fingerprint density at radius 2 is 2.38 bits per heavy atom. The van der Waals surface area contributed by atoms with E-state index in [1.807, 2.05) is 4.68 Å². The lowest BCUT2D eigenvalue weighted by molar-refractivity contribution is 0.181. The maximum atomic E-state index is 5.29. The highest BCUT2D eigenvalue weighted by molar-refractivity contribution is 9.11. The summed E-state index contributed by atoms with van der Waals surface area (Å²) in [4.78, 5) is 4.10. The number of halogens is 2. The highest BCUT2D eigenvalue weighted by atomic mass is 79.9. The first-order chi connectivity index (χ1) is 6.25. The molecule has 1 unspecified atom stereocenters. The summed E-state index contributed by atoms with van der Waals surface area (Å²) in [6.45, 7) is 2.58. The van der Waals surface area contributed by atoms with Crippen LogP contribution in [-0.4, -0.2) is 28.0 Å². The summed E-state index contributed by atoms with van der Waals surface area (Å²) < 4.78 is 8.53. The zero-order valence-electron chi connectivity index (χ0n) is 6.91. The van der Waals surface area contributed by atoms with Gasteiger partial charge in [0.25, 0.3) is 0 Å². The van der Waals surface area contributed by atoms with Gasteiger partial charge >= 0.3 is 0 Å². The van der Waals surface area contributed by atoms with Gasteiger partial charge in [0.2, 0.25) is 4.73 Å². The van der Waals surface area contributed by atoms with Gasteiger partial charge in [0.05, 0.1) is 6.61 Å². The minimum atomic E-state index is 0.574. The standard InChI is InChI=1S/C7H9Br2N3O/c8-6-10-7(9)12(11-6)3-5-1-2-13-4-5/h5H,1-4H2. The van der Waals surface area contributed by atoms with Crippen molar-refractivity contribution in [1.29, 1.82) is 0 Å². The van der Waals surface area contributed by atoms with Crippen molar-refractivity contribution in [2.75, 3.05) is 13.2 Å². The highest BCUT2D eigenvalue weighted by Gasteiger charge is 2.18. The normalized spacial score (nSPS) is 22.5. The van der Waals surface area contributed by atoms with Gasteiger partial charge in [-0.2, -0.15) is 4.98 Å². The molecule has 1 atom stereocenters. The second kappa shape index (κ2) is 4.06. The van der Waals surface area contributed by atoms with Crippen molar-refractivity contribution < 1.29 is 4.74 Å². The van der Waals surface area contributed by atoms with Crippen LogP contribution in [0.2, 0.25) is 0 Å². The van der Waals surface area contributed by atoms with Gasteiger partial charge in [-0.05, 0) is 38.3 Å². The number of hydrogen-bond acceptors (Lipinski definition) is 3. The van der Waals surface area contributed by atoms with E-state index in [0.717, 1.165) is 30.9 Å². The molecule has 13 heavy (non-hydrogen) atoms. The van der Waals surface area contributed by atoms with E-state index in [1.54, 1.807) is 0 Å². The fourth-order valence-corrected chi connectivity index (χ4v) is 2.37. The van der Waals surface area contributed by atoms with E-state index in [-0.39, 0.29) is 0 Å². The van der Waals surface area contributed by atoms with Gasteiger partial charge in [-0.25, -0.2) is 4.68 Å². The van der Waals surface area contributed by atoms with Gasteiger partial charge in [-0.15, -0.1) is 5.10 Å². The van der Waals surface area contributed by atoms with Crippen molar-refractivity contribution in [3.05, 3.63) is 9.47 Å². The van der Waals surface area contributed by atoms with Gasteiger partial charge in [0.15, 0.2) is 4.73 Å². The van der Waals surface area contributed by atoms with Crippen LogP contribution in [0.5, 0.6) is 0 Å². The van der Waals surface area contributed by atoms with Crippen molar-refractivity contribution in [2.24, 2.45) is 5.92 Å². The van der Waals surface area contributed by atoms with Crippen molar-refractivity contribution >= 4 is 31.9 Å². The first-order valence-corrected chi connectivity index (χ1v) is 5.68. The van der Waals surface area contributed by atoms with E-state index in [0.29, 0.717) is 10.7 Å². The molecule has 1 aromatic heterocycles. The van der Waals surface area contributed by atoms with Gasteiger partial charge < -0.3 is 4.74 Å². The molecule has 2 rings (SSSR count). The quantitative estimate of drug-likeness (QED) is 0.837. The Kier molecular flexibility index (Phi) is 3.00. The number of ether oxygens (including phenoxy) is 1. The predicted octanol–water partition coefficient (Wildman–Crippen LogP) is 1.84.